The van der Waals surface area contributed by atoms with Crippen molar-refractivity contribution in [1.29, 1.82) is 0 Å². The SMILES string of the molecule is CCc1cc(O)cc2cnccc12. The van der Waals surface area contributed by atoms with Gasteiger partial charge in [-0.05, 0) is 35.6 Å². The fraction of sp³-hybridized carbons (Fsp3) is 0.182. The zero-order valence-electron chi connectivity index (χ0n) is 7.49. The van der Waals surface area contributed by atoms with Gasteiger partial charge in [-0.2, -0.15) is 0 Å². The summed E-state index contributed by atoms with van der Waals surface area (Å²) >= 11 is 0. The molecule has 0 radical (unpaired) electrons. The van der Waals surface area contributed by atoms with E-state index in [1.807, 2.05) is 12.1 Å². The second-order valence-corrected chi connectivity index (χ2v) is 3.06. The van der Waals surface area contributed by atoms with Crippen LogP contribution < -0.4 is 0 Å². The third-order valence-corrected chi connectivity index (χ3v) is 2.20. The molecule has 0 saturated carbocycles. The van der Waals surface area contributed by atoms with Gasteiger partial charge in [0.1, 0.15) is 5.75 Å². The molecular weight excluding hydrogens is 162 g/mol. The molecule has 0 amide bonds. The Morgan fingerprint density at radius 1 is 1.38 bits per heavy atom. The molecule has 0 fully saturated rings. The molecular formula is C11H11NO. The number of pyridine rings is 1. The summed E-state index contributed by atoms with van der Waals surface area (Å²) in [5.41, 5.74) is 1.16. The number of aromatic hydroxyl groups is 1. The van der Waals surface area contributed by atoms with Gasteiger partial charge in [0.2, 0.25) is 0 Å². The number of fused-ring (bicyclic) bond motifs is 1. The average molecular weight is 173 g/mol. The number of phenolic OH excluding ortho intramolecular Hbond substituents is 1. The molecule has 1 N–H and O–H groups in total. The maximum Gasteiger partial charge on any atom is 0.116 e. The first kappa shape index (κ1) is 8.05. The molecule has 2 rings (SSSR count). The van der Waals surface area contributed by atoms with Crippen molar-refractivity contribution >= 4 is 10.8 Å². The van der Waals surface area contributed by atoms with E-state index in [0.29, 0.717) is 5.75 Å². The normalized spacial score (nSPS) is 10.5. The lowest BCUT2D eigenvalue weighted by Crippen LogP contribution is -1.84. The molecule has 1 aromatic carbocycles. The molecule has 2 heteroatoms. The Balaban J connectivity index is 2.81. The Kier molecular flexibility index (Phi) is 1.89. The first-order chi connectivity index (χ1) is 6.31. The van der Waals surface area contributed by atoms with Crippen LogP contribution in [0.15, 0.2) is 30.6 Å². The second kappa shape index (κ2) is 3.05. The Bertz CT molecular complexity index is 437. The van der Waals surface area contributed by atoms with Crippen molar-refractivity contribution < 1.29 is 5.11 Å². The second-order valence-electron chi connectivity index (χ2n) is 3.06. The Morgan fingerprint density at radius 3 is 3.00 bits per heavy atom. The van der Waals surface area contributed by atoms with Crippen molar-refractivity contribution in [2.75, 3.05) is 0 Å². The third-order valence-electron chi connectivity index (χ3n) is 2.20. The molecule has 0 saturated heterocycles. The minimum atomic E-state index is 0.317. The monoisotopic (exact) mass is 173 g/mol. The first-order valence-electron chi connectivity index (χ1n) is 4.37. The minimum absolute atomic E-state index is 0.317. The minimum Gasteiger partial charge on any atom is -0.508 e. The highest BCUT2D eigenvalue weighted by molar-refractivity contribution is 5.86. The summed E-state index contributed by atoms with van der Waals surface area (Å²) < 4.78 is 0. The number of phenols is 1. The van der Waals surface area contributed by atoms with Crippen LogP contribution in [-0.2, 0) is 6.42 Å². The van der Waals surface area contributed by atoms with Crippen molar-refractivity contribution in [2.45, 2.75) is 13.3 Å². The smallest absolute Gasteiger partial charge is 0.116 e. The number of hydrogen-bond acceptors (Lipinski definition) is 2. The predicted octanol–water partition coefficient (Wildman–Crippen LogP) is 2.50. The number of benzene rings is 1. The fourth-order valence-corrected chi connectivity index (χ4v) is 1.56. The molecule has 1 heterocycles. The van der Waals surface area contributed by atoms with Crippen LogP contribution in [0.5, 0.6) is 5.75 Å². The summed E-state index contributed by atoms with van der Waals surface area (Å²) in [7, 11) is 0. The summed E-state index contributed by atoms with van der Waals surface area (Å²) in [4.78, 5) is 4.02. The highest BCUT2D eigenvalue weighted by Gasteiger charge is 2.00. The maximum atomic E-state index is 9.41. The van der Waals surface area contributed by atoms with Crippen molar-refractivity contribution in [3.8, 4) is 5.75 Å². The lowest BCUT2D eigenvalue weighted by Gasteiger charge is -2.04. The van der Waals surface area contributed by atoms with Gasteiger partial charge in [-0.15, -0.1) is 0 Å². The molecule has 2 aromatic rings. The third kappa shape index (κ3) is 1.35. The van der Waals surface area contributed by atoms with Crippen molar-refractivity contribution in [3.05, 3.63) is 36.2 Å². The van der Waals surface area contributed by atoms with Gasteiger partial charge in [0.25, 0.3) is 0 Å². The van der Waals surface area contributed by atoms with Crippen LogP contribution in [-0.4, -0.2) is 10.1 Å². The molecule has 0 aliphatic rings. The van der Waals surface area contributed by atoms with Crippen LogP contribution in [0.3, 0.4) is 0 Å². The van der Waals surface area contributed by atoms with Gasteiger partial charge in [-0.25, -0.2) is 0 Å². The van der Waals surface area contributed by atoms with Gasteiger partial charge < -0.3 is 5.11 Å². The maximum absolute atomic E-state index is 9.41. The van der Waals surface area contributed by atoms with E-state index in [4.69, 9.17) is 0 Å². The Labute approximate surface area is 76.9 Å². The molecule has 0 atom stereocenters. The summed E-state index contributed by atoms with van der Waals surface area (Å²) in [5.74, 6) is 0.317. The van der Waals surface area contributed by atoms with Gasteiger partial charge >= 0.3 is 0 Å². The molecule has 1 aromatic heterocycles. The fourth-order valence-electron chi connectivity index (χ4n) is 1.56. The largest absolute Gasteiger partial charge is 0.508 e. The summed E-state index contributed by atoms with van der Waals surface area (Å²) in [6.45, 7) is 2.08. The molecule has 0 bridgehead atoms. The van der Waals surface area contributed by atoms with E-state index >= 15 is 0 Å². The highest BCUT2D eigenvalue weighted by atomic mass is 16.3. The van der Waals surface area contributed by atoms with Crippen molar-refractivity contribution in [2.24, 2.45) is 0 Å². The zero-order valence-corrected chi connectivity index (χ0v) is 7.49. The van der Waals surface area contributed by atoms with Crippen LogP contribution in [0.25, 0.3) is 10.8 Å². The van der Waals surface area contributed by atoms with Crippen LogP contribution in [0.4, 0.5) is 0 Å². The highest BCUT2D eigenvalue weighted by Crippen LogP contribution is 2.23. The van der Waals surface area contributed by atoms with E-state index in [2.05, 4.69) is 11.9 Å². The van der Waals surface area contributed by atoms with E-state index in [9.17, 15) is 5.11 Å². The standard InChI is InChI=1S/C11H11NO/c1-2-8-5-10(13)6-9-7-12-4-3-11(8)9/h3-7,13H,2H2,1H3. The number of aryl methyl sites for hydroxylation is 1. The lowest BCUT2D eigenvalue weighted by molar-refractivity contribution is 0.475. The zero-order chi connectivity index (χ0) is 9.26. The summed E-state index contributed by atoms with van der Waals surface area (Å²) in [6.07, 6.45) is 4.47. The van der Waals surface area contributed by atoms with Gasteiger partial charge in [-0.1, -0.05) is 6.92 Å². The number of rotatable bonds is 1. The molecule has 66 valence electrons. The lowest BCUT2D eigenvalue weighted by atomic mass is 10.0. The van der Waals surface area contributed by atoms with Gasteiger partial charge in [0, 0.05) is 17.8 Å². The topological polar surface area (TPSA) is 33.1 Å². The van der Waals surface area contributed by atoms with Gasteiger partial charge in [0.15, 0.2) is 0 Å². The number of hydrogen-bond donors (Lipinski definition) is 1. The average Bonchev–Trinajstić information content (AvgIpc) is 2.16. The van der Waals surface area contributed by atoms with E-state index in [0.717, 1.165) is 17.4 Å². The van der Waals surface area contributed by atoms with E-state index in [-0.39, 0.29) is 0 Å². The van der Waals surface area contributed by atoms with Crippen LogP contribution in [0.2, 0.25) is 0 Å². The molecule has 2 nitrogen and oxygen atoms in total. The summed E-state index contributed by atoms with van der Waals surface area (Å²) in [5, 5.41) is 11.6. The predicted molar refractivity (Wildman–Crippen MR) is 52.8 cm³/mol. The first-order valence-corrected chi connectivity index (χ1v) is 4.37. The molecule has 13 heavy (non-hydrogen) atoms. The van der Waals surface area contributed by atoms with Crippen molar-refractivity contribution in [1.82, 2.24) is 4.98 Å². The molecule has 0 aliphatic heterocycles. The van der Waals surface area contributed by atoms with Crippen LogP contribution in [0, 0.1) is 0 Å². The van der Waals surface area contributed by atoms with E-state index < -0.39 is 0 Å². The van der Waals surface area contributed by atoms with E-state index in [1.54, 1.807) is 18.5 Å². The Morgan fingerprint density at radius 2 is 2.23 bits per heavy atom. The Hall–Kier alpha value is -1.57. The van der Waals surface area contributed by atoms with Crippen molar-refractivity contribution in [3.63, 3.8) is 0 Å². The quantitative estimate of drug-likeness (QED) is 0.718. The van der Waals surface area contributed by atoms with Crippen LogP contribution >= 0.6 is 0 Å². The molecule has 0 unspecified atom stereocenters. The van der Waals surface area contributed by atoms with E-state index in [1.165, 1.54) is 5.39 Å². The van der Waals surface area contributed by atoms with Crippen LogP contribution in [0.1, 0.15) is 12.5 Å². The van der Waals surface area contributed by atoms with Gasteiger partial charge in [0.05, 0.1) is 0 Å². The van der Waals surface area contributed by atoms with Gasteiger partial charge in [-0.3, -0.25) is 4.98 Å². The molecule has 0 aliphatic carbocycles. The number of aromatic nitrogens is 1. The molecule has 0 spiro atoms. The number of nitrogens with zero attached hydrogens (tertiary/aromatic N) is 1. The summed E-state index contributed by atoms with van der Waals surface area (Å²) in [6, 6.07) is 5.53.